The fourth-order valence-corrected chi connectivity index (χ4v) is 3.77. The van der Waals surface area contributed by atoms with E-state index in [0.717, 1.165) is 36.1 Å². The number of carbonyl (C=O) groups is 1. The molecule has 0 aliphatic heterocycles. The second-order valence-corrected chi connectivity index (χ2v) is 8.11. The Hall–Kier alpha value is -3.74. The van der Waals surface area contributed by atoms with Crippen LogP contribution in [-0.4, -0.2) is 25.2 Å². The van der Waals surface area contributed by atoms with Crippen LogP contribution in [0, 0.1) is 13.8 Å². The number of amides is 1. The largest absolute Gasteiger partial charge is 0.325 e. The van der Waals surface area contributed by atoms with Crippen LogP contribution in [0.3, 0.4) is 0 Å². The van der Waals surface area contributed by atoms with E-state index in [1.807, 2.05) is 50.2 Å². The molecule has 32 heavy (non-hydrogen) atoms. The van der Waals surface area contributed by atoms with Crippen LogP contribution in [0.15, 0.2) is 59.8 Å². The molecular formula is C25H27N5O2. The number of fused-ring (bicyclic) bond motifs is 1. The van der Waals surface area contributed by atoms with Gasteiger partial charge in [-0.3, -0.25) is 14.2 Å². The number of anilines is 1. The van der Waals surface area contributed by atoms with Crippen LogP contribution in [0.5, 0.6) is 0 Å². The van der Waals surface area contributed by atoms with Crippen molar-refractivity contribution in [3.63, 3.8) is 0 Å². The van der Waals surface area contributed by atoms with Crippen molar-refractivity contribution in [3.05, 3.63) is 82.0 Å². The van der Waals surface area contributed by atoms with E-state index < -0.39 is 0 Å². The first kappa shape index (κ1) is 21.5. The van der Waals surface area contributed by atoms with Gasteiger partial charge in [0.2, 0.25) is 5.91 Å². The molecule has 4 rings (SSSR count). The van der Waals surface area contributed by atoms with Gasteiger partial charge in [0.1, 0.15) is 18.3 Å². The molecule has 4 aromatic rings. The van der Waals surface area contributed by atoms with Crippen LogP contribution in [0.4, 0.5) is 5.69 Å². The fraction of sp³-hybridized carbons (Fsp3) is 0.280. The molecule has 164 valence electrons. The third-order valence-corrected chi connectivity index (χ3v) is 5.51. The van der Waals surface area contributed by atoms with E-state index in [2.05, 4.69) is 28.4 Å². The summed E-state index contributed by atoms with van der Waals surface area (Å²) in [5.74, 6) is -0.281. The predicted molar refractivity (Wildman–Crippen MR) is 126 cm³/mol. The van der Waals surface area contributed by atoms with Gasteiger partial charge in [0.05, 0.1) is 11.9 Å². The number of carbonyl (C=O) groups excluding carboxylic acids is 1. The summed E-state index contributed by atoms with van der Waals surface area (Å²) in [4.78, 5) is 29.9. The van der Waals surface area contributed by atoms with Crippen molar-refractivity contribution in [1.29, 1.82) is 0 Å². The molecule has 0 atom stereocenters. The van der Waals surface area contributed by atoms with E-state index in [4.69, 9.17) is 0 Å². The van der Waals surface area contributed by atoms with Crippen molar-refractivity contribution in [1.82, 2.24) is 19.3 Å². The van der Waals surface area contributed by atoms with Gasteiger partial charge in [-0.15, -0.1) is 0 Å². The highest BCUT2D eigenvalue weighted by molar-refractivity contribution is 5.90. The molecule has 2 aromatic heterocycles. The van der Waals surface area contributed by atoms with E-state index >= 15 is 0 Å². The van der Waals surface area contributed by atoms with Gasteiger partial charge in [-0.2, -0.15) is 5.10 Å². The Morgan fingerprint density at radius 2 is 1.88 bits per heavy atom. The third-order valence-electron chi connectivity index (χ3n) is 5.51. The van der Waals surface area contributed by atoms with Crippen LogP contribution in [0.25, 0.3) is 16.7 Å². The maximum absolute atomic E-state index is 12.9. The Kier molecular flexibility index (Phi) is 6.16. The second kappa shape index (κ2) is 9.18. The molecular weight excluding hydrogens is 402 g/mol. The SMILES string of the molecule is CCCCc1ccc(NC(=O)Cn2cnc3c(cnn3-c3ccc(C)cc3C)c2=O)cc1. The molecule has 2 aromatic carbocycles. The summed E-state index contributed by atoms with van der Waals surface area (Å²) in [6.45, 7) is 6.07. The van der Waals surface area contributed by atoms with Crippen molar-refractivity contribution in [3.8, 4) is 5.69 Å². The van der Waals surface area contributed by atoms with Crippen LogP contribution >= 0.6 is 0 Å². The smallest absolute Gasteiger partial charge is 0.264 e. The molecule has 1 amide bonds. The number of unbranched alkanes of at least 4 members (excludes halogenated alkanes) is 1. The summed E-state index contributed by atoms with van der Waals surface area (Å²) in [6.07, 6.45) is 6.23. The first-order valence-corrected chi connectivity index (χ1v) is 10.9. The zero-order valence-corrected chi connectivity index (χ0v) is 18.6. The lowest BCUT2D eigenvalue weighted by Gasteiger charge is -2.09. The van der Waals surface area contributed by atoms with Gasteiger partial charge in [-0.1, -0.05) is 43.2 Å². The molecule has 0 aliphatic rings. The summed E-state index contributed by atoms with van der Waals surface area (Å²) in [5, 5.41) is 7.60. The Morgan fingerprint density at radius 1 is 1.09 bits per heavy atom. The quantitative estimate of drug-likeness (QED) is 0.478. The van der Waals surface area contributed by atoms with Gasteiger partial charge >= 0.3 is 0 Å². The molecule has 0 bridgehead atoms. The molecule has 7 nitrogen and oxygen atoms in total. The summed E-state index contributed by atoms with van der Waals surface area (Å²) < 4.78 is 2.97. The summed E-state index contributed by atoms with van der Waals surface area (Å²) in [7, 11) is 0. The van der Waals surface area contributed by atoms with Gasteiger partial charge in [0.25, 0.3) is 5.56 Å². The molecule has 0 saturated heterocycles. The Labute approximate surface area is 186 Å². The van der Waals surface area contributed by atoms with Gasteiger partial charge < -0.3 is 5.32 Å². The molecule has 2 heterocycles. The van der Waals surface area contributed by atoms with Crippen molar-refractivity contribution >= 4 is 22.6 Å². The third kappa shape index (κ3) is 4.46. The Morgan fingerprint density at radius 3 is 2.59 bits per heavy atom. The number of nitrogens with one attached hydrogen (secondary N) is 1. The minimum atomic E-state index is -0.295. The first-order valence-electron chi connectivity index (χ1n) is 10.9. The summed E-state index contributed by atoms with van der Waals surface area (Å²) in [5.41, 5.74) is 5.20. The minimum absolute atomic E-state index is 0.117. The van der Waals surface area contributed by atoms with E-state index in [-0.39, 0.29) is 18.0 Å². The molecule has 0 saturated carbocycles. The minimum Gasteiger partial charge on any atom is -0.325 e. The number of hydrogen-bond donors (Lipinski definition) is 1. The van der Waals surface area contributed by atoms with Crippen LogP contribution in [-0.2, 0) is 17.8 Å². The first-order chi connectivity index (χ1) is 15.5. The maximum atomic E-state index is 12.9. The second-order valence-electron chi connectivity index (χ2n) is 8.11. The van der Waals surface area contributed by atoms with Crippen LogP contribution in [0.2, 0.25) is 0 Å². The van der Waals surface area contributed by atoms with Crippen molar-refractivity contribution in [2.24, 2.45) is 0 Å². The Bertz CT molecular complexity index is 1320. The highest BCUT2D eigenvalue weighted by Gasteiger charge is 2.14. The topological polar surface area (TPSA) is 81.8 Å². The van der Waals surface area contributed by atoms with Gasteiger partial charge in [-0.05, 0) is 56.0 Å². The molecule has 0 spiro atoms. The van der Waals surface area contributed by atoms with Gasteiger partial charge in [0, 0.05) is 5.69 Å². The van der Waals surface area contributed by atoms with Crippen LogP contribution < -0.4 is 10.9 Å². The summed E-state index contributed by atoms with van der Waals surface area (Å²) >= 11 is 0. The van der Waals surface area contributed by atoms with E-state index in [1.54, 1.807) is 4.68 Å². The van der Waals surface area contributed by atoms with Crippen molar-refractivity contribution in [2.75, 3.05) is 5.32 Å². The van der Waals surface area contributed by atoms with Crippen molar-refractivity contribution < 1.29 is 4.79 Å². The normalized spacial score (nSPS) is 11.1. The average Bonchev–Trinajstić information content (AvgIpc) is 3.20. The lowest BCUT2D eigenvalue weighted by atomic mass is 10.1. The molecule has 1 N–H and O–H groups in total. The van der Waals surface area contributed by atoms with Crippen LogP contribution in [0.1, 0.15) is 36.5 Å². The predicted octanol–water partition coefficient (Wildman–Crippen LogP) is 4.18. The molecule has 0 radical (unpaired) electrons. The number of rotatable bonds is 7. The number of nitrogens with zero attached hydrogens (tertiary/aromatic N) is 4. The monoisotopic (exact) mass is 429 g/mol. The Balaban J connectivity index is 1.52. The molecule has 0 unspecified atom stereocenters. The molecule has 0 aliphatic carbocycles. The number of aromatic nitrogens is 4. The highest BCUT2D eigenvalue weighted by Crippen LogP contribution is 2.18. The zero-order chi connectivity index (χ0) is 22.7. The van der Waals surface area contributed by atoms with Crippen molar-refractivity contribution in [2.45, 2.75) is 46.6 Å². The number of benzene rings is 2. The van der Waals surface area contributed by atoms with E-state index in [9.17, 15) is 9.59 Å². The lowest BCUT2D eigenvalue weighted by Crippen LogP contribution is -2.27. The molecule has 7 heteroatoms. The summed E-state index contributed by atoms with van der Waals surface area (Å²) in [6, 6.07) is 13.8. The lowest BCUT2D eigenvalue weighted by molar-refractivity contribution is -0.116. The highest BCUT2D eigenvalue weighted by atomic mass is 16.2. The van der Waals surface area contributed by atoms with E-state index in [0.29, 0.717) is 16.7 Å². The zero-order valence-electron chi connectivity index (χ0n) is 18.6. The number of aryl methyl sites for hydroxylation is 3. The van der Waals surface area contributed by atoms with E-state index in [1.165, 1.54) is 22.7 Å². The standard InChI is InChI=1S/C25H27N5O2/c1-4-5-6-19-8-10-20(11-9-19)28-23(31)15-29-16-26-24-21(25(29)32)14-27-30(24)22-12-7-17(2)13-18(22)3/h7-14,16H,4-6,15H2,1-3H3,(H,28,31). The fourth-order valence-electron chi connectivity index (χ4n) is 3.77. The van der Waals surface area contributed by atoms with Gasteiger partial charge in [-0.25, -0.2) is 9.67 Å². The maximum Gasteiger partial charge on any atom is 0.264 e. The average molecular weight is 430 g/mol. The van der Waals surface area contributed by atoms with Gasteiger partial charge in [0.15, 0.2) is 5.65 Å². The molecule has 0 fully saturated rings. The number of hydrogen-bond acceptors (Lipinski definition) is 4.